The molecular formula is C26H28N8O3. The molecule has 6 rings (SSSR count). The Morgan fingerprint density at radius 1 is 1.24 bits per heavy atom. The number of hydrogen-bond acceptors (Lipinski definition) is 9. The first-order valence-corrected chi connectivity index (χ1v) is 12.5. The number of fused-ring (bicyclic) bond motifs is 2. The fourth-order valence-electron chi connectivity index (χ4n) is 5.88. The number of amides is 1. The van der Waals surface area contributed by atoms with Crippen molar-refractivity contribution >= 4 is 5.91 Å². The van der Waals surface area contributed by atoms with Crippen molar-refractivity contribution in [1.29, 1.82) is 5.26 Å². The van der Waals surface area contributed by atoms with E-state index in [-0.39, 0.29) is 24.0 Å². The van der Waals surface area contributed by atoms with Gasteiger partial charge in [0.1, 0.15) is 18.1 Å². The van der Waals surface area contributed by atoms with Gasteiger partial charge in [0.25, 0.3) is 0 Å². The summed E-state index contributed by atoms with van der Waals surface area (Å²) in [6, 6.07) is 8.23. The van der Waals surface area contributed by atoms with Gasteiger partial charge >= 0.3 is 0 Å². The zero-order valence-corrected chi connectivity index (χ0v) is 20.9. The van der Waals surface area contributed by atoms with E-state index in [1.165, 1.54) is 11.0 Å². The van der Waals surface area contributed by atoms with Gasteiger partial charge in [0, 0.05) is 32.4 Å². The number of nitriles is 1. The minimum absolute atomic E-state index is 0.112. The van der Waals surface area contributed by atoms with Crippen molar-refractivity contribution in [2.24, 2.45) is 0 Å². The molecule has 1 aromatic carbocycles. The molecule has 0 saturated carbocycles. The van der Waals surface area contributed by atoms with Crippen LogP contribution in [0.4, 0.5) is 0 Å². The molecule has 0 bridgehead atoms. The van der Waals surface area contributed by atoms with Crippen LogP contribution in [0, 0.1) is 18.3 Å². The highest BCUT2D eigenvalue weighted by Gasteiger charge is 2.39. The molecule has 2 aromatic heterocycles. The van der Waals surface area contributed by atoms with E-state index < -0.39 is 0 Å². The number of nitrogens with zero attached hydrogens (tertiary/aromatic N) is 8. The van der Waals surface area contributed by atoms with E-state index in [1.54, 1.807) is 13.3 Å². The number of aromatic nitrogens is 5. The van der Waals surface area contributed by atoms with Gasteiger partial charge in [-0.05, 0) is 64.6 Å². The summed E-state index contributed by atoms with van der Waals surface area (Å²) in [6.07, 6.45) is 4.83. The number of carbonyl (C=O) groups excluding carboxylic acids is 1. The van der Waals surface area contributed by atoms with Crippen LogP contribution in [0.2, 0.25) is 0 Å². The van der Waals surface area contributed by atoms with Crippen LogP contribution in [0.25, 0.3) is 5.82 Å². The maximum absolute atomic E-state index is 13.6. The molecule has 1 aliphatic carbocycles. The van der Waals surface area contributed by atoms with Crippen molar-refractivity contribution in [2.45, 2.75) is 37.8 Å². The first-order chi connectivity index (χ1) is 18.1. The van der Waals surface area contributed by atoms with Crippen LogP contribution in [0.1, 0.15) is 46.3 Å². The van der Waals surface area contributed by atoms with Crippen molar-refractivity contribution in [3.05, 3.63) is 58.5 Å². The normalized spacial score (nSPS) is 23.3. The van der Waals surface area contributed by atoms with Crippen LogP contribution >= 0.6 is 0 Å². The number of pyridine rings is 1. The Morgan fingerprint density at radius 2 is 2.14 bits per heavy atom. The summed E-state index contributed by atoms with van der Waals surface area (Å²) in [5, 5.41) is 20.8. The van der Waals surface area contributed by atoms with Crippen LogP contribution in [0.5, 0.6) is 5.75 Å². The van der Waals surface area contributed by atoms with E-state index in [0.717, 1.165) is 48.2 Å². The number of rotatable bonds is 4. The van der Waals surface area contributed by atoms with Gasteiger partial charge in [-0.1, -0.05) is 6.07 Å². The Bertz CT molecular complexity index is 1370. The highest BCUT2D eigenvalue weighted by atomic mass is 16.5. The molecule has 1 amide bonds. The topological polar surface area (TPSA) is 122 Å². The molecule has 11 nitrogen and oxygen atoms in total. The van der Waals surface area contributed by atoms with Gasteiger partial charge in [-0.2, -0.15) is 9.94 Å². The Labute approximate surface area is 214 Å². The zero-order chi connectivity index (χ0) is 25.5. The molecule has 0 spiro atoms. The third-order valence-corrected chi connectivity index (χ3v) is 7.92. The maximum atomic E-state index is 13.6. The molecule has 11 heteroatoms. The van der Waals surface area contributed by atoms with E-state index in [2.05, 4.69) is 31.5 Å². The molecule has 190 valence electrons. The second kappa shape index (κ2) is 9.53. The summed E-state index contributed by atoms with van der Waals surface area (Å²) in [4.78, 5) is 22.5. The average Bonchev–Trinajstić information content (AvgIpc) is 3.62. The monoisotopic (exact) mass is 500 g/mol. The molecule has 4 heterocycles. The number of ether oxygens (including phenoxy) is 2. The summed E-state index contributed by atoms with van der Waals surface area (Å²) in [7, 11) is 1.58. The largest absolute Gasteiger partial charge is 0.495 e. The lowest BCUT2D eigenvalue weighted by Crippen LogP contribution is -2.60. The van der Waals surface area contributed by atoms with Crippen LogP contribution in [-0.2, 0) is 16.0 Å². The number of hydrogen-bond donors (Lipinski definition) is 0. The van der Waals surface area contributed by atoms with E-state index in [9.17, 15) is 10.1 Å². The second-order valence-electron chi connectivity index (χ2n) is 9.81. The summed E-state index contributed by atoms with van der Waals surface area (Å²) >= 11 is 0. The third-order valence-electron chi connectivity index (χ3n) is 7.92. The minimum Gasteiger partial charge on any atom is -0.495 e. The molecular weight excluding hydrogens is 472 g/mol. The molecule has 3 aliphatic rings. The van der Waals surface area contributed by atoms with Gasteiger partial charge in [0.2, 0.25) is 5.91 Å². The van der Waals surface area contributed by atoms with Crippen molar-refractivity contribution in [3.63, 3.8) is 0 Å². The minimum atomic E-state index is -0.166. The molecule has 3 atom stereocenters. The number of benzene rings is 1. The fourth-order valence-corrected chi connectivity index (χ4v) is 5.88. The third kappa shape index (κ3) is 4.12. The van der Waals surface area contributed by atoms with Crippen LogP contribution in [0.15, 0.2) is 30.7 Å². The summed E-state index contributed by atoms with van der Waals surface area (Å²) in [5.41, 5.74) is 4.61. The molecule has 2 aliphatic heterocycles. The van der Waals surface area contributed by atoms with Crippen molar-refractivity contribution in [1.82, 2.24) is 35.0 Å². The van der Waals surface area contributed by atoms with Crippen molar-refractivity contribution < 1.29 is 14.3 Å². The highest BCUT2D eigenvalue weighted by Crippen LogP contribution is 2.37. The van der Waals surface area contributed by atoms with Crippen LogP contribution in [-0.4, -0.2) is 86.8 Å². The Kier molecular flexibility index (Phi) is 6.06. The predicted molar refractivity (Wildman–Crippen MR) is 131 cm³/mol. The first-order valence-electron chi connectivity index (χ1n) is 12.5. The van der Waals surface area contributed by atoms with Gasteiger partial charge in [0.05, 0.1) is 37.3 Å². The van der Waals surface area contributed by atoms with Gasteiger partial charge in [-0.25, -0.2) is 4.98 Å². The quantitative estimate of drug-likeness (QED) is 0.525. The molecule has 2 saturated heterocycles. The van der Waals surface area contributed by atoms with Crippen LogP contribution < -0.4 is 4.74 Å². The maximum Gasteiger partial charge on any atom is 0.230 e. The zero-order valence-electron chi connectivity index (χ0n) is 20.9. The molecule has 1 unspecified atom stereocenters. The molecule has 37 heavy (non-hydrogen) atoms. The number of carbonyl (C=O) groups is 1. The number of methoxy groups -OCH3 is 1. The summed E-state index contributed by atoms with van der Waals surface area (Å²) in [6.45, 7) is 5.36. The Balaban J connectivity index is 1.12. The van der Waals surface area contributed by atoms with Gasteiger partial charge in [-0.15, -0.1) is 5.10 Å². The van der Waals surface area contributed by atoms with E-state index in [0.29, 0.717) is 36.8 Å². The van der Waals surface area contributed by atoms with Gasteiger partial charge < -0.3 is 14.4 Å². The van der Waals surface area contributed by atoms with Crippen molar-refractivity contribution in [2.75, 3.05) is 39.9 Å². The SMILES string of the molecule is COc1ccc([C@H]2CN3CCN(C(=O)C4CCc5cc(-n6cnnn6)ncc54)C[C@@H]3CO2)c(C)c1C#N. The van der Waals surface area contributed by atoms with E-state index in [1.807, 2.05) is 30.0 Å². The predicted octanol–water partition coefficient (Wildman–Crippen LogP) is 1.56. The lowest BCUT2D eigenvalue weighted by atomic mass is 9.95. The van der Waals surface area contributed by atoms with Gasteiger partial charge in [-0.3, -0.25) is 9.69 Å². The standard InChI is InChI=1S/C26H28N8O3/c1-16-19(5-6-23(36-2)21(16)10-27)24-13-32-7-8-33(12-18(32)14-37-24)26(35)20-4-3-17-9-25(28-11-22(17)20)34-15-29-30-31-34/h5-6,9,11,15,18,20,24H,3-4,7-8,12-14H2,1-2H3/t18-,20?,24-/m1/s1. The average molecular weight is 501 g/mol. The number of morpholine rings is 1. The molecule has 2 fully saturated rings. The Morgan fingerprint density at radius 3 is 2.92 bits per heavy atom. The lowest BCUT2D eigenvalue weighted by molar-refractivity contribution is -0.141. The van der Waals surface area contributed by atoms with Crippen LogP contribution in [0.3, 0.4) is 0 Å². The summed E-state index contributed by atoms with van der Waals surface area (Å²) < 4.78 is 13.2. The van der Waals surface area contributed by atoms with E-state index in [4.69, 9.17) is 9.47 Å². The first kappa shape index (κ1) is 23.5. The van der Waals surface area contributed by atoms with Gasteiger partial charge in [0.15, 0.2) is 5.82 Å². The second-order valence-corrected chi connectivity index (χ2v) is 9.81. The number of piperazine rings is 1. The number of aryl methyl sites for hydroxylation is 1. The number of tetrazole rings is 1. The fraction of sp³-hybridized carbons (Fsp3) is 0.462. The smallest absolute Gasteiger partial charge is 0.230 e. The summed E-state index contributed by atoms with van der Waals surface area (Å²) in [5.74, 6) is 1.25. The Hall–Kier alpha value is -3.88. The van der Waals surface area contributed by atoms with E-state index >= 15 is 0 Å². The van der Waals surface area contributed by atoms with Crippen molar-refractivity contribution in [3.8, 4) is 17.6 Å². The molecule has 0 N–H and O–H groups in total. The highest BCUT2D eigenvalue weighted by molar-refractivity contribution is 5.85. The lowest BCUT2D eigenvalue weighted by Gasteiger charge is -2.46. The molecule has 3 aromatic rings. The molecule has 0 radical (unpaired) electrons.